The van der Waals surface area contributed by atoms with Crippen LogP contribution in [-0.2, 0) is 0 Å². The molecule has 0 aromatic heterocycles. The SMILES string of the molecule is CC#CCCNC1(CN)CC(C)N(C)C1. The third-order valence-corrected chi connectivity index (χ3v) is 3.31. The number of hydrogen-bond donors (Lipinski definition) is 2. The molecule has 1 rings (SSSR count). The standard InChI is InChI=1S/C12H23N3/c1-4-5-6-7-14-12(9-13)8-11(2)15(3)10-12/h11,14H,6-10,13H2,1-3H3. The fraction of sp³-hybridized carbons (Fsp3) is 0.833. The largest absolute Gasteiger partial charge is 0.329 e. The van der Waals surface area contributed by atoms with E-state index in [9.17, 15) is 0 Å². The summed E-state index contributed by atoms with van der Waals surface area (Å²) in [7, 11) is 2.16. The molecule has 0 saturated carbocycles. The molecule has 2 unspecified atom stereocenters. The third-order valence-electron chi connectivity index (χ3n) is 3.31. The Kier molecular flexibility index (Phi) is 4.59. The molecule has 86 valence electrons. The zero-order valence-electron chi connectivity index (χ0n) is 10.1. The first kappa shape index (κ1) is 12.5. The molecule has 3 N–H and O–H groups in total. The van der Waals surface area contributed by atoms with Crippen LogP contribution in [0, 0.1) is 11.8 Å². The molecule has 0 aliphatic carbocycles. The number of nitrogens with zero attached hydrogens (tertiary/aromatic N) is 1. The molecular weight excluding hydrogens is 186 g/mol. The van der Waals surface area contributed by atoms with Gasteiger partial charge in [0.25, 0.3) is 0 Å². The zero-order chi connectivity index (χ0) is 11.3. The second kappa shape index (κ2) is 5.50. The molecule has 1 aliphatic rings. The summed E-state index contributed by atoms with van der Waals surface area (Å²) >= 11 is 0. The highest BCUT2D eigenvalue weighted by Crippen LogP contribution is 2.24. The van der Waals surface area contributed by atoms with E-state index in [0.717, 1.165) is 25.9 Å². The summed E-state index contributed by atoms with van der Waals surface area (Å²) in [6.07, 6.45) is 2.05. The summed E-state index contributed by atoms with van der Waals surface area (Å²) in [4.78, 5) is 2.37. The molecule has 15 heavy (non-hydrogen) atoms. The fourth-order valence-corrected chi connectivity index (χ4v) is 2.28. The molecule has 0 bridgehead atoms. The van der Waals surface area contributed by atoms with Crippen molar-refractivity contribution in [1.29, 1.82) is 0 Å². The maximum absolute atomic E-state index is 5.88. The van der Waals surface area contributed by atoms with E-state index in [1.807, 2.05) is 6.92 Å². The predicted octanol–water partition coefficient (Wildman–Crippen LogP) is 0.411. The average Bonchev–Trinajstić information content (AvgIpc) is 2.51. The molecule has 1 aliphatic heterocycles. The summed E-state index contributed by atoms with van der Waals surface area (Å²) in [5.41, 5.74) is 6.00. The van der Waals surface area contributed by atoms with E-state index in [-0.39, 0.29) is 5.54 Å². The zero-order valence-corrected chi connectivity index (χ0v) is 10.1. The van der Waals surface area contributed by atoms with Gasteiger partial charge in [0.05, 0.1) is 0 Å². The van der Waals surface area contributed by atoms with Crippen molar-refractivity contribution in [3.8, 4) is 11.8 Å². The van der Waals surface area contributed by atoms with Gasteiger partial charge in [-0.1, -0.05) is 0 Å². The van der Waals surface area contributed by atoms with Gasteiger partial charge in [-0.2, -0.15) is 0 Å². The minimum atomic E-state index is 0.115. The van der Waals surface area contributed by atoms with Crippen molar-refractivity contribution in [3.05, 3.63) is 0 Å². The van der Waals surface area contributed by atoms with E-state index in [4.69, 9.17) is 5.73 Å². The van der Waals surface area contributed by atoms with E-state index in [1.165, 1.54) is 0 Å². The highest BCUT2D eigenvalue weighted by atomic mass is 15.2. The molecule has 1 heterocycles. The van der Waals surface area contributed by atoms with Crippen molar-refractivity contribution in [2.45, 2.75) is 38.3 Å². The van der Waals surface area contributed by atoms with Crippen LogP contribution in [0.1, 0.15) is 26.7 Å². The molecule has 3 nitrogen and oxygen atoms in total. The van der Waals surface area contributed by atoms with Gasteiger partial charge in [0.15, 0.2) is 0 Å². The topological polar surface area (TPSA) is 41.3 Å². The summed E-state index contributed by atoms with van der Waals surface area (Å²) in [5, 5.41) is 3.57. The minimum absolute atomic E-state index is 0.115. The Morgan fingerprint density at radius 2 is 2.33 bits per heavy atom. The van der Waals surface area contributed by atoms with E-state index >= 15 is 0 Å². The van der Waals surface area contributed by atoms with Gasteiger partial charge in [-0.25, -0.2) is 0 Å². The summed E-state index contributed by atoms with van der Waals surface area (Å²) in [6.45, 7) is 6.83. The first-order chi connectivity index (χ1) is 7.13. The van der Waals surface area contributed by atoms with Gasteiger partial charge in [-0.15, -0.1) is 11.8 Å². The number of hydrogen-bond acceptors (Lipinski definition) is 3. The summed E-state index contributed by atoms with van der Waals surface area (Å²) < 4.78 is 0. The van der Waals surface area contributed by atoms with Gasteiger partial charge in [-0.05, 0) is 27.3 Å². The van der Waals surface area contributed by atoms with E-state index in [2.05, 4.69) is 36.0 Å². The first-order valence-corrected chi connectivity index (χ1v) is 5.68. The average molecular weight is 209 g/mol. The van der Waals surface area contributed by atoms with E-state index < -0.39 is 0 Å². The first-order valence-electron chi connectivity index (χ1n) is 5.68. The molecule has 0 spiro atoms. The lowest BCUT2D eigenvalue weighted by atomic mass is 9.96. The van der Waals surface area contributed by atoms with Crippen LogP contribution in [0.15, 0.2) is 0 Å². The lowest BCUT2D eigenvalue weighted by Crippen LogP contribution is -2.53. The summed E-state index contributed by atoms with van der Waals surface area (Å²) in [6, 6.07) is 0.623. The van der Waals surface area contributed by atoms with Crippen LogP contribution < -0.4 is 11.1 Å². The van der Waals surface area contributed by atoms with Crippen LogP contribution >= 0.6 is 0 Å². The second-order valence-electron chi connectivity index (χ2n) is 4.56. The quantitative estimate of drug-likeness (QED) is 0.520. The van der Waals surface area contributed by atoms with Crippen molar-refractivity contribution in [2.75, 3.05) is 26.7 Å². The van der Waals surface area contributed by atoms with Crippen LogP contribution in [0.3, 0.4) is 0 Å². The van der Waals surface area contributed by atoms with Gasteiger partial charge in [0.2, 0.25) is 0 Å². The van der Waals surface area contributed by atoms with Gasteiger partial charge in [0.1, 0.15) is 0 Å². The Bertz CT molecular complexity index is 241. The number of rotatable bonds is 4. The number of likely N-dealkylation sites (N-methyl/N-ethyl adjacent to an activating group) is 1. The minimum Gasteiger partial charge on any atom is -0.329 e. The maximum Gasteiger partial charge on any atom is 0.0447 e. The summed E-state index contributed by atoms with van der Waals surface area (Å²) in [5.74, 6) is 5.98. The van der Waals surface area contributed by atoms with Crippen LogP contribution in [-0.4, -0.2) is 43.2 Å². The van der Waals surface area contributed by atoms with E-state index in [0.29, 0.717) is 12.6 Å². The smallest absolute Gasteiger partial charge is 0.0447 e. The van der Waals surface area contributed by atoms with Crippen LogP contribution in [0.5, 0.6) is 0 Å². The van der Waals surface area contributed by atoms with Crippen molar-refractivity contribution in [1.82, 2.24) is 10.2 Å². The Labute approximate surface area is 93.4 Å². The van der Waals surface area contributed by atoms with Crippen molar-refractivity contribution >= 4 is 0 Å². The lowest BCUT2D eigenvalue weighted by Gasteiger charge is -2.28. The molecular formula is C12H23N3. The second-order valence-corrected chi connectivity index (χ2v) is 4.56. The van der Waals surface area contributed by atoms with Gasteiger partial charge in [-0.3, -0.25) is 0 Å². The molecule has 0 amide bonds. The third kappa shape index (κ3) is 3.20. The fourth-order valence-electron chi connectivity index (χ4n) is 2.28. The Morgan fingerprint density at radius 1 is 1.60 bits per heavy atom. The Hall–Kier alpha value is -0.560. The van der Waals surface area contributed by atoms with Gasteiger partial charge < -0.3 is 16.0 Å². The van der Waals surface area contributed by atoms with Crippen LogP contribution in [0.25, 0.3) is 0 Å². The monoisotopic (exact) mass is 209 g/mol. The van der Waals surface area contributed by atoms with Crippen molar-refractivity contribution < 1.29 is 0 Å². The molecule has 0 radical (unpaired) electrons. The maximum atomic E-state index is 5.88. The molecule has 3 heteroatoms. The Balaban J connectivity index is 2.43. The molecule has 0 aromatic carbocycles. The predicted molar refractivity (Wildman–Crippen MR) is 64.6 cm³/mol. The number of nitrogens with two attached hydrogens (primary N) is 1. The molecule has 2 atom stereocenters. The highest BCUT2D eigenvalue weighted by molar-refractivity contribution is 5.02. The van der Waals surface area contributed by atoms with Crippen molar-refractivity contribution in [2.24, 2.45) is 5.73 Å². The molecule has 1 fully saturated rings. The normalized spacial score (nSPS) is 31.3. The number of likely N-dealkylation sites (tertiary alicyclic amines) is 1. The number of nitrogens with one attached hydrogen (secondary N) is 1. The van der Waals surface area contributed by atoms with Gasteiger partial charge >= 0.3 is 0 Å². The molecule has 0 aromatic rings. The molecule has 1 saturated heterocycles. The van der Waals surface area contributed by atoms with Crippen molar-refractivity contribution in [3.63, 3.8) is 0 Å². The van der Waals surface area contributed by atoms with Crippen LogP contribution in [0.4, 0.5) is 0 Å². The van der Waals surface area contributed by atoms with Gasteiger partial charge in [0, 0.05) is 37.6 Å². The Morgan fingerprint density at radius 3 is 2.80 bits per heavy atom. The highest BCUT2D eigenvalue weighted by Gasteiger charge is 2.38. The van der Waals surface area contributed by atoms with Crippen LogP contribution in [0.2, 0.25) is 0 Å². The lowest BCUT2D eigenvalue weighted by molar-refractivity contribution is 0.301. The van der Waals surface area contributed by atoms with E-state index in [1.54, 1.807) is 0 Å².